The minimum Gasteiger partial charge on any atom is -0.305 e. The number of hydrogen-bond donors (Lipinski definition) is 0. The van der Waals surface area contributed by atoms with Crippen molar-refractivity contribution in [2.24, 2.45) is 5.92 Å². The van der Waals surface area contributed by atoms with Crippen molar-refractivity contribution < 1.29 is 9.59 Å². The molecule has 3 rings (SSSR count). The van der Waals surface area contributed by atoms with Gasteiger partial charge in [-0.05, 0) is 18.9 Å². The van der Waals surface area contributed by atoms with Gasteiger partial charge < -0.3 is 4.90 Å². The Bertz CT molecular complexity index is 644. The summed E-state index contributed by atoms with van der Waals surface area (Å²) in [6.45, 7) is 4.00. The van der Waals surface area contributed by atoms with E-state index in [0.717, 1.165) is 33.7 Å². The van der Waals surface area contributed by atoms with E-state index in [0.29, 0.717) is 6.42 Å². The van der Waals surface area contributed by atoms with Crippen LogP contribution >= 0.6 is 34.9 Å². The van der Waals surface area contributed by atoms with Crippen LogP contribution in [0.3, 0.4) is 0 Å². The van der Waals surface area contributed by atoms with Gasteiger partial charge in [0.25, 0.3) is 0 Å². The van der Waals surface area contributed by atoms with Crippen LogP contribution in [0.1, 0.15) is 31.2 Å². The van der Waals surface area contributed by atoms with Gasteiger partial charge in [0.05, 0.1) is 0 Å². The van der Waals surface area contributed by atoms with Crippen molar-refractivity contribution in [3.63, 3.8) is 0 Å². The number of thioether (sulfide) groups is 2. The van der Waals surface area contributed by atoms with Crippen LogP contribution < -0.4 is 0 Å². The fourth-order valence-corrected chi connectivity index (χ4v) is 5.85. The van der Waals surface area contributed by atoms with Gasteiger partial charge in [-0.1, -0.05) is 36.4 Å². The molecule has 0 N–H and O–H groups in total. The number of amides is 1. The molecule has 0 saturated carbocycles. The maximum Gasteiger partial charge on any atom is 0.241 e. The van der Waals surface area contributed by atoms with Crippen molar-refractivity contribution >= 4 is 46.6 Å². The highest BCUT2D eigenvalue weighted by Crippen LogP contribution is 2.42. The maximum atomic E-state index is 12.2. The first-order valence-corrected chi connectivity index (χ1v) is 10.5. The second-order valence-corrected chi connectivity index (χ2v) is 9.17. The van der Waals surface area contributed by atoms with Crippen LogP contribution in [0.4, 0.5) is 0 Å². The largest absolute Gasteiger partial charge is 0.305 e. The number of rotatable bonds is 7. The summed E-state index contributed by atoms with van der Waals surface area (Å²) in [4.78, 5) is 26.1. The lowest BCUT2D eigenvalue weighted by Crippen LogP contribution is -2.60. The minimum atomic E-state index is -0.414. The molecule has 124 valence electrons. The summed E-state index contributed by atoms with van der Waals surface area (Å²) in [7, 11) is 0. The molecule has 0 aromatic carbocycles. The molecule has 3 heterocycles. The van der Waals surface area contributed by atoms with Crippen molar-refractivity contribution in [3.8, 4) is 0 Å². The van der Waals surface area contributed by atoms with E-state index in [1.807, 2.05) is 13.1 Å². The number of carbonyl (C=O) groups excluding carboxylic acids is 2. The van der Waals surface area contributed by atoms with Crippen LogP contribution in [-0.4, -0.2) is 43.7 Å². The van der Waals surface area contributed by atoms with Crippen molar-refractivity contribution in [1.29, 1.82) is 0 Å². The number of unbranched alkanes of at least 4 members (excludes halogenated alkanes) is 1. The summed E-state index contributed by atoms with van der Waals surface area (Å²) >= 11 is 4.94. The Kier molecular flexibility index (Phi) is 5.43. The van der Waals surface area contributed by atoms with E-state index in [4.69, 9.17) is 0 Å². The Labute approximate surface area is 148 Å². The lowest BCUT2D eigenvalue weighted by atomic mass is 9.90. The molecule has 5 nitrogen and oxygen atoms in total. The zero-order valence-electron chi connectivity index (χ0n) is 13.2. The Balaban J connectivity index is 1.56. The van der Waals surface area contributed by atoms with Gasteiger partial charge in [-0.25, -0.2) is 0 Å². The molecular weight excluding hydrogens is 350 g/mol. The second kappa shape index (κ2) is 7.36. The molecule has 2 atom stereocenters. The van der Waals surface area contributed by atoms with E-state index in [1.165, 1.54) is 5.57 Å². The molecule has 8 heteroatoms. The standard InChI is InChI=1S/C15H19N3O2S3/c1-3-4-5-11(19)12-13(20)18-6-10(7-21-14(12)18)8-22-15-17-16-9(2)23-15/h6,12,14H,3-5,7-8H2,1-2H3/t12?,14-/m0/s1. The summed E-state index contributed by atoms with van der Waals surface area (Å²) in [5, 5.41) is 9.09. The molecule has 0 bridgehead atoms. The number of aryl methyl sites for hydroxylation is 1. The zero-order valence-corrected chi connectivity index (χ0v) is 15.6. The van der Waals surface area contributed by atoms with E-state index < -0.39 is 5.92 Å². The molecule has 0 spiro atoms. The number of ketones is 1. The van der Waals surface area contributed by atoms with E-state index >= 15 is 0 Å². The molecule has 23 heavy (non-hydrogen) atoms. The predicted octanol–water partition coefficient (Wildman–Crippen LogP) is 3.11. The van der Waals surface area contributed by atoms with E-state index in [1.54, 1.807) is 39.8 Å². The van der Waals surface area contributed by atoms with Gasteiger partial charge in [0.2, 0.25) is 5.91 Å². The molecule has 1 aromatic heterocycles. The monoisotopic (exact) mass is 369 g/mol. The predicted molar refractivity (Wildman–Crippen MR) is 94.6 cm³/mol. The average Bonchev–Trinajstić information content (AvgIpc) is 2.96. The number of nitrogens with zero attached hydrogens (tertiary/aromatic N) is 3. The molecule has 2 aliphatic heterocycles. The third kappa shape index (κ3) is 3.64. The Hall–Kier alpha value is -0.860. The van der Waals surface area contributed by atoms with Gasteiger partial charge in [-0.2, -0.15) is 0 Å². The zero-order chi connectivity index (χ0) is 16.4. The average molecular weight is 370 g/mol. The van der Waals surface area contributed by atoms with E-state index in [2.05, 4.69) is 17.1 Å². The van der Waals surface area contributed by atoms with E-state index in [9.17, 15) is 9.59 Å². The molecule has 1 saturated heterocycles. The quantitative estimate of drug-likeness (QED) is 0.418. The molecule has 1 unspecified atom stereocenters. The van der Waals surface area contributed by atoms with Gasteiger partial charge in [-0.15, -0.1) is 22.0 Å². The lowest BCUT2D eigenvalue weighted by Gasteiger charge is -2.46. The van der Waals surface area contributed by atoms with Crippen LogP contribution in [0.2, 0.25) is 0 Å². The first kappa shape index (κ1) is 17.0. The summed E-state index contributed by atoms with van der Waals surface area (Å²) in [5.74, 6) is 1.35. The number of hydrogen-bond acceptors (Lipinski definition) is 7. The van der Waals surface area contributed by atoms with Crippen LogP contribution in [0, 0.1) is 12.8 Å². The van der Waals surface area contributed by atoms with Crippen molar-refractivity contribution in [2.45, 2.75) is 42.8 Å². The summed E-state index contributed by atoms with van der Waals surface area (Å²) < 4.78 is 0.957. The fourth-order valence-electron chi connectivity index (χ4n) is 2.60. The van der Waals surface area contributed by atoms with Gasteiger partial charge in [0.15, 0.2) is 4.34 Å². The molecule has 1 amide bonds. The van der Waals surface area contributed by atoms with E-state index in [-0.39, 0.29) is 17.1 Å². The molecule has 0 radical (unpaired) electrons. The smallest absolute Gasteiger partial charge is 0.241 e. The number of carbonyl (C=O) groups is 2. The van der Waals surface area contributed by atoms with Crippen LogP contribution in [-0.2, 0) is 9.59 Å². The van der Waals surface area contributed by atoms with Crippen molar-refractivity contribution in [2.75, 3.05) is 11.5 Å². The number of fused-ring (bicyclic) bond motifs is 1. The Morgan fingerprint density at radius 3 is 3.00 bits per heavy atom. The fraction of sp³-hybridized carbons (Fsp3) is 0.600. The first-order valence-electron chi connectivity index (χ1n) is 7.69. The highest BCUT2D eigenvalue weighted by Gasteiger charge is 2.51. The highest BCUT2D eigenvalue weighted by molar-refractivity contribution is 8.01. The van der Waals surface area contributed by atoms with Crippen molar-refractivity contribution in [1.82, 2.24) is 15.1 Å². The lowest BCUT2D eigenvalue weighted by molar-refractivity contribution is -0.152. The van der Waals surface area contributed by atoms with Crippen LogP contribution in [0.15, 0.2) is 16.1 Å². The molecule has 0 aliphatic carbocycles. The summed E-state index contributed by atoms with van der Waals surface area (Å²) in [6.07, 6.45) is 4.33. The van der Waals surface area contributed by atoms with Crippen molar-refractivity contribution in [3.05, 3.63) is 16.8 Å². The normalized spacial score (nSPS) is 23.3. The molecule has 1 fully saturated rings. The van der Waals surface area contributed by atoms with Gasteiger partial charge in [0, 0.05) is 24.1 Å². The van der Waals surface area contributed by atoms with Gasteiger partial charge in [-0.3, -0.25) is 9.59 Å². The minimum absolute atomic E-state index is 0.0179. The Morgan fingerprint density at radius 2 is 2.30 bits per heavy atom. The molecular formula is C15H19N3O2S3. The number of aromatic nitrogens is 2. The third-order valence-electron chi connectivity index (χ3n) is 3.85. The molecule has 1 aromatic rings. The molecule has 2 aliphatic rings. The summed E-state index contributed by atoms with van der Waals surface area (Å²) in [6, 6.07) is 0. The first-order chi connectivity index (χ1) is 11.1. The number of Topliss-reactive ketones (excluding diaryl/α,β-unsaturated/α-hetero) is 1. The van der Waals surface area contributed by atoms with Gasteiger partial charge in [0.1, 0.15) is 22.1 Å². The maximum absolute atomic E-state index is 12.2. The topological polar surface area (TPSA) is 63.2 Å². The van der Waals surface area contributed by atoms with Gasteiger partial charge >= 0.3 is 0 Å². The summed E-state index contributed by atoms with van der Waals surface area (Å²) in [5.41, 5.74) is 1.21. The second-order valence-electron chi connectivity index (χ2n) is 5.66. The Morgan fingerprint density at radius 1 is 1.48 bits per heavy atom. The number of β-lactam (4-membered cyclic amide) rings is 1. The third-order valence-corrected chi connectivity index (χ3v) is 7.31. The SMILES string of the molecule is CCCCC(=O)C1C(=O)N2C=C(CSc3nnc(C)s3)CS[C@@H]12. The van der Waals surface area contributed by atoms with Crippen LogP contribution in [0.25, 0.3) is 0 Å². The van der Waals surface area contributed by atoms with Crippen LogP contribution in [0.5, 0.6) is 0 Å². The highest BCUT2D eigenvalue weighted by atomic mass is 32.2.